The molecule has 0 bridgehead atoms. The molecule has 0 aliphatic heterocycles. The Morgan fingerprint density at radius 3 is 2.42 bits per heavy atom. The number of aromatic nitrogens is 1. The number of rotatable bonds is 4. The monoisotopic (exact) mass is 322 g/mol. The molecule has 0 saturated carbocycles. The second-order valence-corrected chi connectivity index (χ2v) is 4.81. The predicted molar refractivity (Wildman–Crippen MR) is 79.5 cm³/mol. The number of pyridine rings is 1. The Labute approximate surface area is 120 Å². The van der Waals surface area contributed by atoms with E-state index in [1.165, 1.54) is 0 Å². The SMILES string of the molecule is COc1cc(C)c(Nc2cccc(Br)n2)cc1OC. The van der Waals surface area contributed by atoms with Crippen LogP contribution in [-0.2, 0) is 0 Å². The van der Waals surface area contributed by atoms with Gasteiger partial charge in [0.1, 0.15) is 10.4 Å². The van der Waals surface area contributed by atoms with Crippen LogP contribution in [0.1, 0.15) is 5.56 Å². The number of hydrogen-bond acceptors (Lipinski definition) is 4. The van der Waals surface area contributed by atoms with E-state index in [1.807, 2.05) is 37.3 Å². The lowest BCUT2D eigenvalue weighted by atomic mass is 10.1. The van der Waals surface area contributed by atoms with Crippen molar-refractivity contribution in [1.29, 1.82) is 0 Å². The van der Waals surface area contributed by atoms with Crippen LogP contribution in [0, 0.1) is 6.92 Å². The van der Waals surface area contributed by atoms with E-state index in [4.69, 9.17) is 9.47 Å². The first-order valence-corrected chi connectivity index (χ1v) is 6.55. The van der Waals surface area contributed by atoms with Gasteiger partial charge in [0.15, 0.2) is 11.5 Å². The number of hydrogen-bond donors (Lipinski definition) is 1. The summed E-state index contributed by atoms with van der Waals surface area (Å²) in [5, 5.41) is 3.26. The smallest absolute Gasteiger partial charge is 0.162 e. The Morgan fingerprint density at radius 1 is 1.11 bits per heavy atom. The molecule has 1 aromatic carbocycles. The summed E-state index contributed by atoms with van der Waals surface area (Å²) in [6.07, 6.45) is 0. The van der Waals surface area contributed by atoms with E-state index in [1.54, 1.807) is 14.2 Å². The molecule has 0 atom stereocenters. The highest BCUT2D eigenvalue weighted by Gasteiger charge is 2.09. The van der Waals surface area contributed by atoms with Crippen LogP contribution >= 0.6 is 15.9 Å². The molecule has 19 heavy (non-hydrogen) atoms. The molecule has 1 heterocycles. The van der Waals surface area contributed by atoms with Gasteiger partial charge in [-0.05, 0) is 46.6 Å². The third kappa shape index (κ3) is 3.17. The zero-order valence-corrected chi connectivity index (χ0v) is 12.6. The minimum atomic E-state index is 0.686. The molecule has 0 spiro atoms. The van der Waals surface area contributed by atoms with Gasteiger partial charge in [0.2, 0.25) is 0 Å². The van der Waals surface area contributed by atoms with Gasteiger partial charge >= 0.3 is 0 Å². The van der Waals surface area contributed by atoms with Gasteiger partial charge in [-0.2, -0.15) is 0 Å². The molecular formula is C14H15BrN2O2. The fourth-order valence-electron chi connectivity index (χ4n) is 1.73. The van der Waals surface area contributed by atoms with Crippen LogP contribution in [0.3, 0.4) is 0 Å². The van der Waals surface area contributed by atoms with Crippen molar-refractivity contribution in [3.05, 3.63) is 40.5 Å². The maximum atomic E-state index is 5.30. The lowest BCUT2D eigenvalue weighted by molar-refractivity contribution is 0.355. The Morgan fingerprint density at radius 2 is 1.79 bits per heavy atom. The van der Waals surface area contributed by atoms with E-state index in [9.17, 15) is 0 Å². The average molecular weight is 323 g/mol. The highest BCUT2D eigenvalue weighted by molar-refractivity contribution is 9.10. The minimum Gasteiger partial charge on any atom is -0.493 e. The predicted octanol–water partition coefficient (Wildman–Crippen LogP) is 3.91. The standard InChI is InChI=1S/C14H15BrN2O2/c1-9-7-11(18-2)12(19-3)8-10(9)16-14-6-4-5-13(15)17-14/h4-8H,1-3H3,(H,16,17). The number of benzene rings is 1. The van der Waals surface area contributed by atoms with Gasteiger partial charge in [-0.15, -0.1) is 0 Å². The zero-order valence-electron chi connectivity index (χ0n) is 11.0. The van der Waals surface area contributed by atoms with E-state index in [-0.39, 0.29) is 0 Å². The summed E-state index contributed by atoms with van der Waals surface area (Å²) in [6, 6.07) is 9.54. The molecule has 0 amide bonds. The first kappa shape index (κ1) is 13.7. The maximum Gasteiger partial charge on any atom is 0.162 e. The fourth-order valence-corrected chi connectivity index (χ4v) is 2.07. The Kier molecular flexibility index (Phi) is 4.27. The number of ether oxygens (including phenoxy) is 2. The molecule has 0 aliphatic rings. The van der Waals surface area contributed by atoms with Crippen LogP contribution in [0.4, 0.5) is 11.5 Å². The van der Waals surface area contributed by atoms with Crippen LogP contribution in [0.15, 0.2) is 34.9 Å². The van der Waals surface area contributed by atoms with Gasteiger partial charge in [-0.3, -0.25) is 0 Å². The third-order valence-corrected chi connectivity index (χ3v) is 3.15. The Balaban J connectivity index is 2.35. The number of methoxy groups -OCH3 is 2. The molecule has 0 fully saturated rings. The minimum absolute atomic E-state index is 0.686. The molecular weight excluding hydrogens is 308 g/mol. The van der Waals surface area contributed by atoms with E-state index in [0.717, 1.165) is 21.7 Å². The molecule has 1 aromatic heterocycles. The number of nitrogens with zero attached hydrogens (tertiary/aromatic N) is 1. The van der Waals surface area contributed by atoms with Gasteiger partial charge in [0, 0.05) is 11.8 Å². The second-order valence-electron chi connectivity index (χ2n) is 3.99. The van der Waals surface area contributed by atoms with E-state index >= 15 is 0 Å². The lowest BCUT2D eigenvalue weighted by Crippen LogP contribution is -1.98. The summed E-state index contributed by atoms with van der Waals surface area (Å²) >= 11 is 3.35. The first-order valence-electron chi connectivity index (χ1n) is 5.76. The topological polar surface area (TPSA) is 43.4 Å². The van der Waals surface area contributed by atoms with Gasteiger partial charge in [-0.1, -0.05) is 6.07 Å². The molecule has 0 aliphatic carbocycles. The van der Waals surface area contributed by atoms with Crippen molar-refractivity contribution in [3.8, 4) is 11.5 Å². The summed E-state index contributed by atoms with van der Waals surface area (Å²) in [5.74, 6) is 2.17. The molecule has 2 rings (SSSR count). The highest BCUT2D eigenvalue weighted by Crippen LogP contribution is 2.34. The van der Waals surface area contributed by atoms with Gasteiger partial charge < -0.3 is 14.8 Å². The second kappa shape index (κ2) is 5.93. The summed E-state index contributed by atoms with van der Waals surface area (Å²) in [6.45, 7) is 2.00. The molecule has 0 radical (unpaired) electrons. The van der Waals surface area contributed by atoms with Crippen LogP contribution in [0.5, 0.6) is 11.5 Å². The quantitative estimate of drug-likeness (QED) is 0.866. The number of nitrogens with one attached hydrogen (secondary N) is 1. The fraction of sp³-hybridized carbons (Fsp3) is 0.214. The van der Waals surface area contributed by atoms with Crippen molar-refractivity contribution in [2.45, 2.75) is 6.92 Å². The van der Waals surface area contributed by atoms with Crippen molar-refractivity contribution < 1.29 is 9.47 Å². The molecule has 100 valence electrons. The number of halogens is 1. The molecule has 1 N–H and O–H groups in total. The van der Waals surface area contributed by atoms with Crippen LogP contribution in [-0.4, -0.2) is 19.2 Å². The van der Waals surface area contributed by atoms with Crippen molar-refractivity contribution in [2.75, 3.05) is 19.5 Å². The summed E-state index contributed by atoms with van der Waals surface area (Å²) in [5.41, 5.74) is 1.99. The Hall–Kier alpha value is -1.75. The zero-order chi connectivity index (χ0) is 13.8. The summed E-state index contributed by atoms with van der Waals surface area (Å²) in [7, 11) is 3.24. The van der Waals surface area contributed by atoms with Crippen molar-refractivity contribution >= 4 is 27.4 Å². The van der Waals surface area contributed by atoms with Gasteiger partial charge in [0.25, 0.3) is 0 Å². The number of aryl methyl sites for hydroxylation is 1. The van der Waals surface area contributed by atoms with Crippen molar-refractivity contribution in [1.82, 2.24) is 4.98 Å². The van der Waals surface area contributed by atoms with E-state index in [2.05, 4.69) is 26.2 Å². The van der Waals surface area contributed by atoms with E-state index < -0.39 is 0 Å². The van der Waals surface area contributed by atoms with Gasteiger partial charge in [-0.25, -0.2) is 4.98 Å². The van der Waals surface area contributed by atoms with Crippen molar-refractivity contribution in [3.63, 3.8) is 0 Å². The maximum absolute atomic E-state index is 5.30. The molecule has 0 saturated heterocycles. The summed E-state index contributed by atoms with van der Waals surface area (Å²) in [4.78, 5) is 4.34. The average Bonchev–Trinajstić information content (AvgIpc) is 2.40. The van der Waals surface area contributed by atoms with Gasteiger partial charge in [0.05, 0.1) is 14.2 Å². The number of anilines is 2. The van der Waals surface area contributed by atoms with Crippen molar-refractivity contribution in [2.24, 2.45) is 0 Å². The highest BCUT2D eigenvalue weighted by atomic mass is 79.9. The van der Waals surface area contributed by atoms with E-state index in [0.29, 0.717) is 11.5 Å². The van der Waals surface area contributed by atoms with Crippen LogP contribution in [0.25, 0.3) is 0 Å². The normalized spacial score (nSPS) is 10.1. The lowest BCUT2D eigenvalue weighted by Gasteiger charge is -2.14. The molecule has 2 aromatic rings. The largest absolute Gasteiger partial charge is 0.493 e. The molecule has 5 heteroatoms. The molecule has 0 unspecified atom stereocenters. The van der Waals surface area contributed by atoms with Crippen LogP contribution in [0.2, 0.25) is 0 Å². The summed E-state index contributed by atoms with van der Waals surface area (Å²) < 4.78 is 11.4. The molecule has 4 nitrogen and oxygen atoms in total. The third-order valence-electron chi connectivity index (χ3n) is 2.71. The van der Waals surface area contributed by atoms with Crippen LogP contribution < -0.4 is 14.8 Å². The first-order chi connectivity index (χ1) is 9.13. The Bertz CT molecular complexity index is 588.